The van der Waals surface area contributed by atoms with Crippen LogP contribution in [-0.2, 0) is 6.54 Å². The van der Waals surface area contributed by atoms with Crippen LogP contribution in [0.3, 0.4) is 0 Å². The van der Waals surface area contributed by atoms with Gasteiger partial charge >= 0.3 is 6.03 Å². The zero-order chi connectivity index (χ0) is 19.9. The second-order valence-corrected chi connectivity index (χ2v) is 7.35. The number of urea groups is 1. The number of amides is 2. The number of aryl methyl sites for hydroxylation is 1. The van der Waals surface area contributed by atoms with Crippen LogP contribution in [0.1, 0.15) is 27.6 Å². The average Bonchev–Trinajstić information content (AvgIpc) is 3.25. The van der Waals surface area contributed by atoms with E-state index in [1.54, 1.807) is 25.6 Å². The molecular weight excluding hydrogens is 372 g/mol. The highest BCUT2D eigenvalue weighted by Crippen LogP contribution is 2.28. The average molecular weight is 397 g/mol. The number of carbonyl (C=O) groups excluding carboxylic acids is 1. The van der Waals surface area contributed by atoms with E-state index in [4.69, 9.17) is 9.47 Å². The van der Waals surface area contributed by atoms with Crippen LogP contribution in [-0.4, -0.2) is 20.3 Å². The number of hydrogen-bond acceptors (Lipinski definition) is 4. The van der Waals surface area contributed by atoms with E-state index in [1.807, 2.05) is 54.8 Å². The monoisotopic (exact) mass is 396 g/mol. The highest BCUT2D eigenvalue weighted by atomic mass is 32.1. The van der Waals surface area contributed by atoms with Gasteiger partial charge in [0.25, 0.3) is 0 Å². The molecule has 1 heterocycles. The molecular formula is C22H24N2O3S. The molecule has 0 radical (unpaired) electrons. The third-order valence-electron chi connectivity index (χ3n) is 4.41. The van der Waals surface area contributed by atoms with Crippen molar-refractivity contribution in [1.82, 2.24) is 10.6 Å². The summed E-state index contributed by atoms with van der Waals surface area (Å²) in [6.45, 7) is 2.43. The Morgan fingerprint density at radius 3 is 2.43 bits per heavy atom. The van der Waals surface area contributed by atoms with Crippen LogP contribution in [0.5, 0.6) is 11.5 Å². The van der Waals surface area contributed by atoms with Crippen molar-refractivity contribution >= 4 is 17.4 Å². The largest absolute Gasteiger partial charge is 0.493 e. The van der Waals surface area contributed by atoms with Crippen molar-refractivity contribution in [2.75, 3.05) is 14.2 Å². The van der Waals surface area contributed by atoms with Crippen LogP contribution in [0.15, 0.2) is 60.0 Å². The zero-order valence-corrected chi connectivity index (χ0v) is 17.0. The topological polar surface area (TPSA) is 59.6 Å². The van der Waals surface area contributed by atoms with E-state index in [0.29, 0.717) is 18.0 Å². The van der Waals surface area contributed by atoms with Crippen LogP contribution in [0.25, 0.3) is 0 Å². The van der Waals surface area contributed by atoms with Crippen molar-refractivity contribution in [2.24, 2.45) is 0 Å². The molecule has 0 aliphatic heterocycles. The van der Waals surface area contributed by atoms with Gasteiger partial charge in [0.2, 0.25) is 0 Å². The lowest BCUT2D eigenvalue weighted by Crippen LogP contribution is -2.37. The number of methoxy groups -OCH3 is 2. The molecule has 6 heteroatoms. The van der Waals surface area contributed by atoms with Crippen molar-refractivity contribution in [3.8, 4) is 11.5 Å². The summed E-state index contributed by atoms with van der Waals surface area (Å²) in [5, 5.41) is 8.01. The molecule has 3 aromatic rings. The van der Waals surface area contributed by atoms with Gasteiger partial charge in [0.15, 0.2) is 11.5 Å². The molecule has 0 spiro atoms. The van der Waals surface area contributed by atoms with Gasteiger partial charge in [-0.1, -0.05) is 42.0 Å². The molecule has 0 aliphatic carbocycles. The van der Waals surface area contributed by atoms with Crippen LogP contribution >= 0.6 is 11.3 Å². The Morgan fingerprint density at radius 2 is 1.79 bits per heavy atom. The number of thiophene rings is 1. The summed E-state index contributed by atoms with van der Waals surface area (Å²) in [7, 11) is 3.19. The Labute approximate surface area is 169 Å². The Balaban J connectivity index is 1.68. The third kappa shape index (κ3) is 4.84. The Morgan fingerprint density at radius 1 is 1.04 bits per heavy atom. The van der Waals surface area contributed by atoms with Gasteiger partial charge in [-0.2, -0.15) is 0 Å². The van der Waals surface area contributed by atoms with Gasteiger partial charge in [0.1, 0.15) is 0 Å². The summed E-state index contributed by atoms with van der Waals surface area (Å²) in [6.07, 6.45) is 0. The number of ether oxygens (including phenoxy) is 2. The van der Waals surface area contributed by atoms with Crippen molar-refractivity contribution < 1.29 is 14.3 Å². The minimum atomic E-state index is -0.228. The fraction of sp³-hybridized carbons (Fsp3) is 0.227. The van der Waals surface area contributed by atoms with Gasteiger partial charge in [-0.25, -0.2) is 4.79 Å². The summed E-state index contributed by atoms with van der Waals surface area (Å²) in [5.74, 6) is 1.30. The summed E-state index contributed by atoms with van der Waals surface area (Å²) < 4.78 is 10.6. The van der Waals surface area contributed by atoms with E-state index >= 15 is 0 Å². The van der Waals surface area contributed by atoms with Gasteiger partial charge in [0.05, 0.1) is 20.3 Å². The second-order valence-electron chi connectivity index (χ2n) is 6.38. The van der Waals surface area contributed by atoms with Crippen molar-refractivity contribution in [3.05, 3.63) is 81.5 Å². The molecule has 0 saturated heterocycles. The lowest BCUT2D eigenvalue weighted by Gasteiger charge is -2.19. The number of nitrogens with one attached hydrogen (secondary N) is 2. The SMILES string of the molecule is COc1ccc(CNC(=O)N[C@@H](c2ccc(C)cc2)c2cccs2)cc1OC. The standard InChI is InChI=1S/C22H24N2O3S/c1-15-6-9-17(10-7-15)21(20-5-4-12-28-20)24-22(25)23-14-16-8-11-18(26-2)19(13-16)27-3/h4-13,21H,14H2,1-3H3,(H2,23,24,25)/t21-/m0/s1. The zero-order valence-electron chi connectivity index (χ0n) is 16.2. The minimum Gasteiger partial charge on any atom is -0.493 e. The van der Waals surface area contributed by atoms with Gasteiger partial charge < -0.3 is 20.1 Å². The summed E-state index contributed by atoms with van der Waals surface area (Å²) in [5.41, 5.74) is 3.16. The maximum atomic E-state index is 12.6. The lowest BCUT2D eigenvalue weighted by molar-refractivity contribution is 0.238. The third-order valence-corrected chi connectivity index (χ3v) is 5.35. The Kier molecular flexibility index (Phi) is 6.55. The fourth-order valence-corrected chi connectivity index (χ4v) is 3.69. The molecule has 2 N–H and O–H groups in total. The molecule has 0 unspecified atom stereocenters. The van der Waals surface area contributed by atoms with E-state index in [1.165, 1.54) is 5.56 Å². The summed E-state index contributed by atoms with van der Waals surface area (Å²) in [6, 6.07) is 17.4. The van der Waals surface area contributed by atoms with Gasteiger partial charge in [0, 0.05) is 11.4 Å². The molecule has 0 saturated carbocycles. The van der Waals surface area contributed by atoms with Gasteiger partial charge in [-0.05, 0) is 41.6 Å². The molecule has 0 aliphatic rings. The van der Waals surface area contributed by atoms with Crippen molar-refractivity contribution in [2.45, 2.75) is 19.5 Å². The molecule has 28 heavy (non-hydrogen) atoms. The van der Waals surface area contributed by atoms with Crippen LogP contribution in [0, 0.1) is 6.92 Å². The maximum absolute atomic E-state index is 12.6. The second kappa shape index (κ2) is 9.28. The Hall–Kier alpha value is -2.99. The highest BCUT2D eigenvalue weighted by Gasteiger charge is 2.18. The number of hydrogen-bond donors (Lipinski definition) is 2. The molecule has 0 fully saturated rings. The Bertz CT molecular complexity index is 908. The quantitative estimate of drug-likeness (QED) is 0.610. The first-order valence-electron chi connectivity index (χ1n) is 8.96. The first-order valence-corrected chi connectivity index (χ1v) is 9.84. The smallest absolute Gasteiger partial charge is 0.315 e. The molecule has 0 bridgehead atoms. The van der Waals surface area contributed by atoms with Gasteiger partial charge in [-0.15, -0.1) is 11.3 Å². The van der Waals surface area contributed by atoms with Crippen LogP contribution < -0.4 is 20.1 Å². The van der Waals surface area contributed by atoms with E-state index in [0.717, 1.165) is 16.0 Å². The summed E-state index contributed by atoms with van der Waals surface area (Å²) >= 11 is 1.62. The molecule has 146 valence electrons. The molecule has 2 aromatic carbocycles. The molecule has 1 atom stereocenters. The minimum absolute atomic E-state index is 0.189. The van der Waals surface area contributed by atoms with Crippen LogP contribution in [0.4, 0.5) is 4.79 Å². The first kappa shape index (κ1) is 19.8. The van der Waals surface area contributed by atoms with E-state index in [9.17, 15) is 4.79 Å². The van der Waals surface area contributed by atoms with E-state index in [-0.39, 0.29) is 12.1 Å². The first-order chi connectivity index (χ1) is 13.6. The van der Waals surface area contributed by atoms with E-state index < -0.39 is 0 Å². The molecule has 5 nitrogen and oxygen atoms in total. The van der Waals surface area contributed by atoms with Gasteiger partial charge in [-0.3, -0.25) is 0 Å². The predicted molar refractivity (Wildman–Crippen MR) is 112 cm³/mol. The molecule has 1 aromatic heterocycles. The lowest BCUT2D eigenvalue weighted by atomic mass is 10.0. The summed E-state index contributed by atoms with van der Waals surface area (Å²) in [4.78, 5) is 13.7. The molecule has 2 amide bonds. The van der Waals surface area contributed by atoms with Crippen molar-refractivity contribution in [3.63, 3.8) is 0 Å². The normalized spacial score (nSPS) is 11.5. The number of rotatable bonds is 7. The molecule has 3 rings (SSSR count). The van der Waals surface area contributed by atoms with Crippen molar-refractivity contribution in [1.29, 1.82) is 0 Å². The van der Waals surface area contributed by atoms with Crippen LogP contribution in [0.2, 0.25) is 0 Å². The fourth-order valence-electron chi connectivity index (χ4n) is 2.89. The van der Waals surface area contributed by atoms with E-state index in [2.05, 4.69) is 22.8 Å². The highest BCUT2D eigenvalue weighted by molar-refractivity contribution is 7.10. The predicted octanol–water partition coefficient (Wildman–Crippen LogP) is 4.66. The maximum Gasteiger partial charge on any atom is 0.315 e. The number of benzene rings is 2. The number of carbonyl (C=O) groups is 1.